The van der Waals surface area contributed by atoms with Crippen LogP contribution in [-0.4, -0.2) is 11.8 Å². The number of benzene rings is 2. The van der Waals surface area contributed by atoms with Gasteiger partial charge in [-0.2, -0.15) is 0 Å². The van der Waals surface area contributed by atoms with Gasteiger partial charge in [-0.05, 0) is 48.9 Å². The molecule has 1 atom stereocenters. The van der Waals surface area contributed by atoms with Crippen LogP contribution in [0.2, 0.25) is 0 Å². The monoisotopic (exact) mass is 278 g/mol. The normalized spacial score (nSPS) is 13.8. The van der Waals surface area contributed by atoms with E-state index in [2.05, 4.69) is 0 Å². The standard InChI is InChI=1S/C16H16F2O2/c1-16(19,10-11-17)12-2-6-14(7-3-12)20-15-8-4-13(18)5-9-15/h2-9,19H,10-11H2,1H3. The highest BCUT2D eigenvalue weighted by molar-refractivity contribution is 5.34. The lowest BCUT2D eigenvalue weighted by Gasteiger charge is -2.22. The van der Waals surface area contributed by atoms with E-state index >= 15 is 0 Å². The topological polar surface area (TPSA) is 29.5 Å². The van der Waals surface area contributed by atoms with Crippen molar-refractivity contribution in [2.75, 3.05) is 6.67 Å². The van der Waals surface area contributed by atoms with Gasteiger partial charge in [-0.25, -0.2) is 4.39 Å². The average molecular weight is 278 g/mol. The van der Waals surface area contributed by atoms with Crippen LogP contribution in [0.4, 0.5) is 8.78 Å². The Hall–Kier alpha value is -1.94. The molecule has 0 fully saturated rings. The third-order valence-corrected chi connectivity index (χ3v) is 3.11. The van der Waals surface area contributed by atoms with Crippen LogP contribution >= 0.6 is 0 Å². The predicted octanol–water partition coefficient (Wildman–Crippen LogP) is 4.19. The molecule has 106 valence electrons. The fraction of sp³-hybridized carbons (Fsp3) is 0.250. The maximum atomic E-state index is 12.8. The zero-order valence-electron chi connectivity index (χ0n) is 11.1. The SMILES string of the molecule is CC(O)(CCF)c1ccc(Oc2ccc(F)cc2)cc1. The number of hydrogen-bond donors (Lipinski definition) is 1. The highest BCUT2D eigenvalue weighted by Crippen LogP contribution is 2.28. The van der Waals surface area contributed by atoms with E-state index in [-0.39, 0.29) is 12.2 Å². The molecule has 20 heavy (non-hydrogen) atoms. The van der Waals surface area contributed by atoms with Gasteiger partial charge in [0, 0.05) is 6.42 Å². The Morgan fingerprint density at radius 1 is 1.00 bits per heavy atom. The molecule has 0 aliphatic heterocycles. The quantitative estimate of drug-likeness (QED) is 0.888. The van der Waals surface area contributed by atoms with Crippen molar-refractivity contribution >= 4 is 0 Å². The molecule has 1 unspecified atom stereocenters. The zero-order valence-corrected chi connectivity index (χ0v) is 11.1. The molecule has 1 N–H and O–H groups in total. The summed E-state index contributed by atoms with van der Waals surface area (Å²) >= 11 is 0. The number of alkyl halides is 1. The summed E-state index contributed by atoms with van der Waals surface area (Å²) in [4.78, 5) is 0. The first kappa shape index (κ1) is 14.5. The third kappa shape index (κ3) is 3.54. The number of rotatable bonds is 5. The van der Waals surface area contributed by atoms with E-state index in [0.29, 0.717) is 17.1 Å². The third-order valence-electron chi connectivity index (χ3n) is 3.11. The number of aliphatic hydroxyl groups is 1. The Labute approximate surface area is 116 Å². The highest BCUT2D eigenvalue weighted by atomic mass is 19.1. The summed E-state index contributed by atoms with van der Waals surface area (Å²) in [5.41, 5.74) is -0.565. The fourth-order valence-electron chi connectivity index (χ4n) is 1.85. The van der Waals surface area contributed by atoms with Crippen LogP contribution in [-0.2, 0) is 5.60 Å². The Bertz CT molecular complexity index is 548. The molecule has 2 aromatic rings. The summed E-state index contributed by atoms with van der Waals surface area (Å²) in [6, 6.07) is 12.4. The van der Waals surface area contributed by atoms with Gasteiger partial charge in [0.1, 0.15) is 17.3 Å². The molecule has 2 aromatic carbocycles. The minimum absolute atomic E-state index is 0.0468. The molecule has 0 saturated carbocycles. The largest absolute Gasteiger partial charge is 0.457 e. The van der Waals surface area contributed by atoms with Crippen LogP contribution in [0.1, 0.15) is 18.9 Å². The fourth-order valence-corrected chi connectivity index (χ4v) is 1.85. The Balaban J connectivity index is 2.10. The second kappa shape index (κ2) is 6.01. The highest BCUT2D eigenvalue weighted by Gasteiger charge is 2.22. The summed E-state index contributed by atoms with van der Waals surface area (Å²) in [5.74, 6) is 0.765. The second-order valence-corrected chi connectivity index (χ2v) is 4.79. The molecule has 2 nitrogen and oxygen atoms in total. The lowest BCUT2D eigenvalue weighted by molar-refractivity contribution is 0.0408. The molecular weight excluding hydrogens is 262 g/mol. The molecule has 0 aliphatic rings. The van der Waals surface area contributed by atoms with Crippen molar-refractivity contribution in [2.45, 2.75) is 18.9 Å². The van der Waals surface area contributed by atoms with E-state index in [1.807, 2.05) is 0 Å². The van der Waals surface area contributed by atoms with Gasteiger partial charge in [0.2, 0.25) is 0 Å². The van der Waals surface area contributed by atoms with E-state index in [4.69, 9.17) is 4.74 Å². The minimum atomic E-state index is -1.19. The van der Waals surface area contributed by atoms with Crippen molar-refractivity contribution < 1.29 is 18.6 Å². The number of ether oxygens (including phenoxy) is 1. The van der Waals surface area contributed by atoms with E-state index in [9.17, 15) is 13.9 Å². The molecule has 0 saturated heterocycles. The van der Waals surface area contributed by atoms with Gasteiger partial charge in [-0.1, -0.05) is 12.1 Å². The van der Waals surface area contributed by atoms with Crippen molar-refractivity contribution in [1.29, 1.82) is 0 Å². The van der Waals surface area contributed by atoms with Gasteiger partial charge in [-0.15, -0.1) is 0 Å². The number of hydrogen-bond acceptors (Lipinski definition) is 2. The molecule has 0 aromatic heterocycles. The molecule has 0 heterocycles. The Morgan fingerprint density at radius 2 is 1.50 bits per heavy atom. The van der Waals surface area contributed by atoms with Gasteiger partial charge in [0.25, 0.3) is 0 Å². The Kier molecular flexibility index (Phi) is 4.35. The second-order valence-electron chi connectivity index (χ2n) is 4.79. The van der Waals surface area contributed by atoms with E-state index in [1.54, 1.807) is 31.2 Å². The lowest BCUT2D eigenvalue weighted by Crippen LogP contribution is -2.21. The lowest BCUT2D eigenvalue weighted by atomic mass is 9.93. The molecule has 0 amide bonds. The van der Waals surface area contributed by atoms with Crippen LogP contribution in [0.3, 0.4) is 0 Å². The smallest absolute Gasteiger partial charge is 0.127 e. The van der Waals surface area contributed by atoms with Crippen LogP contribution in [0.15, 0.2) is 48.5 Å². The summed E-state index contributed by atoms with van der Waals surface area (Å²) in [7, 11) is 0. The summed E-state index contributed by atoms with van der Waals surface area (Å²) in [5, 5.41) is 10.1. The molecular formula is C16H16F2O2. The van der Waals surface area contributed by atoms with Gasteiger partial charge >= 0.3 is 0 Å². The molecule has 0 bridgehead atoms. The molecule has 4 heteroatoms. The van der Waals surface area contributed by atoms with Crippen LogP contribution in [0, 0.1) is 5.82 Å². The van der Waals surface area contributed by atoms with Gasteiger partial charge in [0.15, 0.2) is 0 Å². The average Bonchev–Trinajstić information content (AvgIpc) is 2.42. The van der Waals surface area contributed by atoms with E-state index < -0.39 is 12.3 Å². The van der Waals surface area contributed by atoms with E-state index in [0.717, 1.165) is 0 Å². The first-order valence-electron chi connectivity index (χ1n) is 6.33. The summed E-state index contributed by atoms with van der Waals surface area (Å²) < 4.78 is 30.7. The molecule has 0 aliphatic carbocycles. The van der Waals surface area contributed by atoms with Gasteiger partial charge in [0.05, 0.1) is 12.3 Å². The predicted molar refractivity (Wildman–Crippen MR) is 73.1 cm³/mol. The maximum Gasteiger partial charge on any atom is 0.127 e. The van der Waals surface area contributed by atoms with Crippen molar-refractivity contribution in [1.82, 2.24) is 0 Å². The summed E-state index contributed by atoms with van der Waals surface area (Å²) in [6.45, 7) is 0.989. The van der Waals surface area contributed by atoms with Crippen molar-refractivity contribution in [3.63, 3.8) is 0 Å². The Morgan fingerprint density at radius 3 is 2.00 bits per heavy atom. The van der Waals surface area contributed by atoms with Gasteiger partial charge in [-0.3, -0.25) is 4.39 Å². The first-order valence-corrected chi connectivity index (χ1v) is 6.33. The van der Waals surface area contributed by atoms with Crippen molar-refractivity contribution in [3.8, 4) is 11.5 Å². The molecule has 0 spiro atoms. The molecule has 2 rings (SSSR count). The van der Waals surface area contributed by atoms with Crippen LogP contribution in [0.25, 0.3) is 0 Å². The number of halogens is 2. The molecule has 0 radical (unpaired) electrons. The first-order chi connectivity index (χ1) is 9.51. The van der Waals surface area contributed by atoms with Crippen molar-refractivity contribution in [3.05, 3.63) is 59.9 Å². The maximum absolute atomic E-state index is 12.8. The summed E-state index contributed by atoms with van der Waals surface area (Å²) in [6.07, 6.45) is 0.0468. The van der Waals surface area contributed by atoms with Crippen molar-refractivity contribution in [2.24, 2.45) is 0 Å². The zero-order chi connectivity index (χ0) is 14.6. The minimum Gasteiger partial charge on any atom is -0.457 e. The van der Waals surface area contributed by atoms with Crippen LogP contribution < -0.4 is 4.74 Å². The van der Waals surface area contributed by atoms with E-state index in [1.165, 1.54) is 24.3 Å². The van der Waals surface area contributed by atoms with Crippen LogP contribution in [0.5, 0.6) is 11.5 Å². The van der Waals surface area contributed by atoms with Gasteiger partial charge < -0.3 is 9.84 Å².